The van der Waals surface area contributed by atoms with Gasteiger partial charge in [0.15, 0.2) is 0 Å². The smallest absolute Gasteiger partial charge is 0.284 e. The highest BCUT2D eigenvalue weighted by atomic mass is 16.1. The molecule has 0 heterocycles. The lowest BCUT2D eigenvalue weighted by Gasteiger charge is -2.04. The summed E-state index contributed by atoms with van der Waals surface area (Å²) in [5, 5.41) is 2.71. The first-order chi connectivity index (χ1) is 7.76. The van der Waals surface area contributed by atoms with Crippen molar-refractivity contribution in [3.63, 3.8) is 0 Å². The first-order valence-electron chi connectivity index (χ1n) is 5.68. The van der Waals surface area contributed by atoms with Crippen LogP contribution >= 0.6 is 0 Å². The average Bonchev–Trinajstić information content (AvgIpc) is 2.29. The molecule has 0 aromatic heterocycles. The molecule has 16 heavy (non-hydrogen) atoms. The second kappa shape index (κ2) is 7.15. The maximum absolute atomic E-state index is 11.2. The fourth-order valence-corrected chi connectivity index (χ4v) is 1.44. The summed E-state index contributed by atoms with van der Waals surface area (Å²) < 4.78 is 0. The van der Waals surface area contributed by atoms with Gasteiger partial charge in [-0.15, -0.1) is 0 Å². The van der Waals surface area contributed by atoms with E-state index >= 15 is 0 Å². The Balaban J connectivity index is 2.40. The molecule has 81 valence electrons. The van der Waals surface area contributed by atoms with E-state index in [1.165, 1.54) is 5.56 Å². The van der Waals surface area contributed by atoms with Gasteiger partial charge in [0.25, 0.3) is 7.41 Å². The van der Waals surface area contributed by atoms with Gasteiger partial charge in [0.05, 0.1) is 7.85 Å². The third-order valence-electron chi connectivity index (χ3n) is 2.29. The number of hydrogen-bond donors (Lipinski definition) is 1. The molecule has 1 rings (SSSR count). The van der Waals surface area contributed by atoms with Gasteiger partial charge in [-0.2, -0.15) is 0 Å². The second-order valence-corrected chi connectivity index (χ2v) is 3.74. The highest BCUT2D eigenvalue weighted by Crippen LogP contribution is 1.99. The fraction of sp³-hybridized carbons (Fsp3) is 0.417. The van der Waals surface area contributed by atoms with Crippen molar-refractivity contribution in [2.45, 2.75) is 32.5 Å². The predicted octanol–water partition coefficient (Wildman–Crippen LogP) is 0.977. The Bertz CT molecular complexity index is 324. The number of amides is 1. The standard InChI is InChI=1S/C12H16B2NO/c1-2-3-10-4-6-11(7-5-10)14-15-12(16)8-9-13/h4-7H,2-3,8-9H2,1H3,(H,15,16). The van der Waals surface area contributed by atoms with Gasteiger partial charge in [-0.1, -0.05) is 49.4 Å². The molecule has 3 radical (unpaired) electrons. The van der Waals surface area contributed by atoms with Crippen LogP contribution in [0.1, 0.15) is 25.3 Å². The Hall–Kier alpha value is -1.18. The lowest BCUT2D eigenvalue weighted by atomic mass is 9.82. The van der Waals surface area contributed by atoms with E-state index in [-0.39, 0.29) is 5.91 Å². The van der Waals surface area contributed by atoms with Gasteiger partial charge in [0.1, 0.15) is 0 Å². The molecule has 0 bridgehead atoms. The van der Waals surface area contributed by atoms with Crippen LogP contribution in [0, 0.1) is 0 Å². The zero-order valence-electron chi connectivity index (χ0n) is 9.70. The number of aryl methyl sites for hydroxylation is 1. The summed E-state index contributed by atoms with van der Waals surface area (Å²) in [6.45, 7) is 2.16. The molecule has 2 nitrogen and oxygen atoms in total. The molecule has 4 heteroatoms. The number of hydrogen-bond acceptors (Lipinski definition) is 1. The van der Waals surface area contributed by atoms with Gasteiger partial charge >= 0.3 is 0 Å². The van der Waals surface area contributed by atoms with Crippen molar-refractivity contribution in [2.75, 3.05) is 0 Å². The molecule has 1 aromatic carbocycles. The van der Waals surface area contributed by atoms with Crippen LogP contribution in [0.4, 0.5) is 0 Å². The summed E-state index contributed by atoms with van der Waals surface area (Å²) in [6, 6.07) is 8.19. The Morgan fingerprint density at radius 3 is 2.62 bits per heavy atom. The molecule has 1 N–H and O–H groups in total. The first-order valence-corrected chi connectivity index (χ1v) is 5.68. The quantitative estimate of drug-likeness (QED) is 0.699. The topological polar surface area (TPSA) is 29.1 Å². The van der Waals surface area contributed by atoms with Crippen LogP contribution in [0.25, 0.3) is 0 Å². The molecule has 1 amide bonds. The molecule has 0 aliphatic carbocycles. The Labute approximate surface area is 99.5 Å². The molecule has 0 saturated carbocycles. The molecule has 0 spiro atoms. The molecule has 0 aliphatic rings. The van der Waals surface area contributed by atoms with Gasteiger partial charge in [-0.05, 0) is 12.0 Å². The van der Waals surface area contributed by atoms with Gasteiger partial charge < -0.3 is 5.23 Å². The summed E-state index contributed by atoms with van der Waals surface area (Å²) in [7, 11) is 6.99. The molecule has 0 saturated heterocycles. The van der Waals surface area contributed by atoms with E-state index in [1.807, 2.05) is 12.1 Å². The van der Waals surface area contributed by atoms with E-state index in [0.29, 0.717) is 12.7 Å². The van der Waals surface area contributed by atoms with Crippen molar-refractivity contribution in [1.82, 2.24) is 5.23 Å². The number of nitrogens with one attached hydrogen (secondary N) is 1. The van der Waals surface area contributed by atoms with Crippen LogP contribution in [0.2, 0.25) is 6.32 Å². The zero-order chi connectivity index (χ0) is 11.8. The van der Waals surface area contributed by atoms with Gasteiger partial charge in [-0.25, -0.2) is 0 Å². The van der Waals surface area contributed by atoms with E-state index in [9.17, 15) is 4.79 Å². The lowest BCUT2D eigenvalue weighted by Crippen LogP contribution is -2.35. The van der Waals surface area contributed by atoms with Crippen molar-refractivity contribution < 1.29 is 4.79 Å². The molecular formula is C12H16B2NO. The van der Waals surface area contributed by atoms with Gasteiger partial charge in [-0.3, -0.25) is 4.79 Å². The van der Waals surface area contributed by atoms with Crippen molar-refractivity contribution in [3.05, 3.63) is 29.8 Å². The molecule has 0 atom stereocenters. The van der Waals surface area contributed by atoms with Crippen LogP contribution in [-0.2, 0) is 11.2 Å². The van der Waals surface area contributed by atoms with E-state index in [2.05, 4.69) is 24.3 Å². The Morgan fingerprint density at radius 1 is 1.38 bits per heavy atom. The predicted molar refractivity (Wildman–Crippen MR) is 69.1 cm³/mol. The van der Waals surface area contributed by atoms with Crippen LogP contribution < -0.4 is 10.7 Å². The third kappa shape index (κ3) is 4.56. The van der Waals surface area contributed by atoms with E-state index in [0.717, 1.165) is 18.3 Å². The maximum atomic E-state index is 11.2. The summed E-state index contributed by atoms with van der Waals surface area (Å²) in [4.78, 5) is 11.2. The monoisotopic (exact) mass is 212 g/mol. The van der Waals surface area contributed by atoms with Crippen LogP contribution in [0.15, 0.2) is 24.3 Å². The average molecular weight is 212 g/mol. The Kier molecular flexibility index (Phi) is 5.76. The fourth-order valence-electron chi connectivity index (χ4n) is 1.44. The van der Waals surface area contributed by atoms with Crippen molar-refractivity contribution in [3.8, 4) is 0 Å². The molecule has 0 unspecified atom stereocenters. The number of carbonyl (C=O) groups is 1. The lowest BCUT2D eigenvalue weighted by molar-refractivity contribution is -0.119. The number of rotatable bonds is 6. The first kappa shape index (κ1) is 12.9. The summed E-state index contributed by atoms with van der Waals surface area (Å²) >= 11 is 0. The highest BCUT2D eigenvalue weighted by Gasteiger charge is 2.01. The molecule has 0 fully saturated rings. The SMILES string of the molecule is [B]CCC(=O)N[B]c1ccc(CCC)cc1. The van der Waals surface area contributed by atoms with E-state index in [4.69, 9.17) is 7.85 Å². The molecular weight excluding hydrogens is 196 g/mol. The summed E-state index contributed by atoms with van der Waals surface area (Å²) in [5.74, 6) is -0.0415. The van der Waals surface area contributed by atoms with Crippen LogP contribution in [0.5, 0.6) is 0 Å². The zero-order valence-corrected chi connectivity index (χ0v) is 9.70. The maximum Gasteiger partial charge on any atom is 0.284 e. The second-order valence-electron chi connectivity index (χ2n) is 3.74. The third-order valence-corrected chi connectivity index (χ3v) is 2.29. The minimum absolute atomic E-state index is 0.0415. The van der Waals surface area contributed by atoms with Gasteiger partial charge in [0, 0.05) is 6.42 Å². The molecule has 1 aromatic rings. The van der Waals surface area contributed by atoms with E-state index < -0.39 is 0 Å². The minimum atomic E-state index is -0.0415. The normalized spacial score (nSPS) is 9.81. The number of benzene rings is 1. The van der Waals surface area contributed by atoms with Crippen LogP contribution in [0.3, 0.4) is 0 Å². The highest BCUT2D eigenvalue weighted by molar-refractivity contribution is 6.53. The summed E-state index contributed by atoms with van der Waals surface area (Å²) in [6.07, 6.45) is 3.00. The van der Waals surface area contributed by atoms with Crippen LogP contribution in [-0.4, -0.2) is 21.2 Å². The molecule has 0 aliphatic heterocycles. The number of carbonyl (C=O) groups excluding carboxylic acids is 1. The van der Waals surface area contributed by atoms with Crippen molar-refractivity contribution >= 4 is 26.6 Å². The van der Waals surface area contributed by atoms with Gasteiger partial charge in [0.2, 0.25) is 5.91 Å². The van der Waals surface area contributed by atoms with Crippen molar-refractivity contribution in [1.29, 1.82) is 0 Å². The summed E-state index contributed by atoms with van der Waals surface area (Å²) in [5.41, 5.74) is 2.33. The minimum Gasteiger partial charge on any atom is -0.398 e. The van der Waals surface area contributed by atoms with E-state index in [1.54, 1.807) is 7.41 Å². The largest absolute Gasteiger partial charge is 0.398 e. The Morgan fingerprint density at radius 2 is 2.06 bits per heavy atom. The van der Waals surface area contributed by atoms with Crippen molar-refractivity contribution in [2.24, 2.45) is 0 Å².